The van der Waals surface area contributed by atoms with Gasteiger partial charge in [0.15, 0.2) is 5.82 Å². The first-order valence-corrected chi connectivity index (χ1v) is 9.57. The van der Waals surface area contributed by atoms with Crippen LogP contribution in [0.5, 0.6) is 0 Å². The van der Waals surface area contributed by atoms with E-state index in [1.807, 2.05) is 6.07 Å². The number of ether oxygens (including phenoxy) is 1. The number of carbonyl (C=O) groups is 1. The smallest absolute Gasteiger partial charge is 0.340 e. The number of aryl methyl sites for hydroxylation is 1. The number of aromatic nitrogens is 4. The van der Waals surface area contributed by atoms with E-state index in [2.05, 4.69) is 35.9 Å². The lowest BCUT2D eigenvalue weighted by Gasteiger charge is -2.30. The SMILES string of the molecule is Cn1ncc(F)c1-c1cnc2c(c1)CN(c1nc3c(cc1Br)C(=O)OC3)CC2. The van der Waals surface area contributed by atoms with Crippen molar-refractivity contribution in [3.05, 3.63) is 57.3 Å². The highest BCUT2D eigenvalue weighted by Gasteiger charge is 2.28. The molecule has 5 heterocycles. The van der Waals surface area contributed by atoms with Gasteiger partial charge in [-0.05, 0) is 33.6 Å². The molecule has 0 fully saturated rings. The molecule has 0 radical (unpaired) electrons. The molecule has 0 N–H and O–H groups in total. The number of hydrogen-bond acceptors (Lipinski definition) is 6. The number of hydrogen-bond donors (Lipinski definition) is 0. The van der Waals surface area contributed by atoms with Crippen LogP contribution < -0.4 is 4.90 Å². The number of halogens is 2. The van der Waals surface area contributed by atoms with Crippen molar-refractivity contribution in [1.82, 2.24) is 19.7 Å². The highest BCUT2D eigenvalue weighted by Crippen LogP contribution is 2.33. The highest BCUT2D eigenvalue weighted by molar-refractivity contribution is 9.10. The molecular formula is C19H15BrFN5O2. The summed E-state index contributed by atoms with van der Waals surface area (Å²) < 4.78 is 21.4. The van der Waals surface area contributed by atoms with Crippen molar-refractivity contribution in [1.29, 1.82) is 0 Å². The summed E-state index contributed by atoms with van der Waals surface area (Å²) in [5.41, 5.74) is 4.28. The fourth-order valence-corrected chi connectivity index (χ4v) is 4.28. The molecule has 3 aromatic rings. The van der Waals surface area contributed by atoms with Crippen LogP contribution in [-0.4, -0.2) is 32.3 Å². The topological polar surface area (TPSA) is 73.1 Å². The monoisotopic (exact) mass is 443 g/mol. The molecule has 9 heteroatoms. The second-order valence-corrected chi connectivity index (χ2v) is 7.68. The van der Waals surface area contributed by atoms with Crippen LogP contribution in [0.1, 0.15) is 27.3 Å². The van der Waals surface area contributed by atoms with Gasteiger partial charge in [0, 0.05) is 44.0 Å². The van der Waals surface area contributed by atoms with Crippen LogP contribution in [-0.2, 0) is 31.4 Å². The zero-order chi connectivity index (χ0) is 19.4. The zero-order valence-corrected chi connectivity index (χ0v) is 16.5. The maximum absolute atomic E-state index is 14.1. The van der Waals surface area contributed by atoms with Crippen molar-refractivity contribution >= 4 is 27.7 Å². The molecule has 2 aliphatic rings. The molecule has 0 aromatic carbocycles. The molecule has 0 saturated heterocycles. The van der Waals surface area contributed by atoms with Gasteiger partial charge in [-0.15, -0.1) is 0 Å². The summed E-state index contributed by atoms with van der Waals surface area (Å²) >= 11 is 3.53. The molecule has 0 unspecified atom stereocenters. The average Bonchev–Trinajstić information content (AvgIpc) is 3.22. The molecule has 0 amide bonds. The minimum Gasteiger partial charge on any atom is -0.455 e. The summed E-state index contributed by atoms with van der Waals surface area (Å²) in [6.07, 6.45) is 3.65. The Morgan fingerprint density at radius 3 is 2.89 bits per heavy atom. The van der Waals surface area contributed by atoms with E-state index in [1.165, 1.54) is 10.9 Å². The van der Waals surface area contributed by atoms with E-state index in [0.29, 0.717) is 29.1 Å². The Morgan fingerprint density at radius 2 is 2.11 bits per heavy atom. The number of rotatable bonds is 2. The molecule has 5 rings (SSSR count). The van der Waals surface area contributed by atoms with Gasteiger partial charge in [0.05, 0.1) is 21.9 Å². The Balaban J connectivity index is 1.50. The third-order valence-electron chi connectivity index (χ3n) is 5.10. The van der Waals surface area contributed by atoms with Crippen LogP contribution in [0.25, 0.3) is 11.3 Å². The number of cyclic esters (lactones) is 1. The Bertz CT molecular complexity index is 1110. The van der Waals surface area contributed by atoms with Gasteiger partial charge in [0.2, 0.25) is 0 Å². The summed E-state index contributed by atoms with van der Waals surface area (Å²) in [6, 6.07) is 3.73. The minimum absolute atomic E-state index is 0.199. The van der Waals surface area contributed by atoms with Crippen LogP contribution in [0.3, 0.4) is 0 Å². The average molecular weight is 444 g/mol. The van der Waals surface area contributed by atoms with Gasteiger partial charge in [-0.1, -0.05) is 0 Å². The Kier molecular flexibility index (Phi) is 3.94. The normalized spacial score (nSPS) is 15.4. The molecule has 0 aliphatic carbocycles. The van der Waals surface area contributed by atoms with E-state index in [0.717, 1.165) is 34.5 Å². The number of fused-ring (bicyclic) bond motifs is 2. The minimum atomic E-state index is -0.371. The van der Waals surface area contributed by atoms with Crippen molar-refractivity contribution in [2.24, 2.45) is 7.05 Å². The third kappa shape index (κ3) is 2.69. The van der Waals surface area contributed by atoms with Crippen LogP contribution in [0.15, 0.2) is 29.0 Å². The van der Waals surface area contributed by atoms with E-state index in [4.69, 9.17) is 4.74 Å². The number of esters is 1. The molecule has 3 aromatic heterocycles. The second kappa shape index (κ2) is 6.37. The summed E-state index contributed by atoms with van der Waals surface area (Å²) in [7, 11) is 1.71. The van der Waals surface area contributed by atoms with Gasteiger partial charge in [0.1, 0.15) is 18.1 Å². The Morgan fingerprint density at radius 1 is 1.25 bits per heavy atom. The fraction of sp³-hybridized carbons (Fsp3) is 0.263. The van der Waals surface area contributed by atoms with E-state index in [9.17, 15) is 9.18 Å². The second-order valence-electron chi connectivity index (χ2n) is 6.83. The lowest BCUT2D eigenvalue weighted by Crippen LogP contribution is -2.32. The number of anilines is 1. The summed E-state index contributed by atoms with van der Waals surface area (Å²) in [5, 5.41) is 3.97. The molecule has 0 spiro atoms. The lowest BCUT2D eigenvalue weighted by molar-refractivity contribution is 0.0533. The van der Waals surface area contributed by atoms with Gasteiger partial charge < -0.3 is 9.64 Å². The quantitative estimate of drug-likeness (QED) is 0.566. The van der Waals surface area contributed by atoms with Crippen molar-refractivity contribution in [3.8, 4) is 11.3 Å². The summed E-state index contributed by atoms with van der Waals surface area (Å²) in [4.78, 5) is 23.0. The van der Waals surface area contributed by atoms with Gasteiger partial charge in [-0.3, -0.25) is 9.67 Å². The zero-order valence-electron chi connectivity index (χ0n) is 14.9. The predicted molar refractivity (Wildman–Crippen MR) is 102 cm³/mol. The van der Waals surface area contributed by atoms with Gasteiger partial charge in [0.25, 0.3) is 0 Å². The van der Waals surface area contributed by atoms with Crippen molar-refractivity contribution in [3.63, 3.8) is 0 Å². The fourth-order valence-electron chi connectivity index (χ4n) is 3.71. The molecule has 28 heavy (non-hydrogen) atoms. The Labute approximate surface area is 168 Å². The number of pyridine rings is 2. The molecule has 0 bridgehead atoms. The first kappa shape index (κ1) is 17.3. The molecule has 2 aliphatic heterocycles. The maximum Gasteiger partial charge on any atom is 0.340 e. The number of nitrogens with zero attached hydrogens (tertiary/aromatic N) is 5. The van der Waals surface area contributed by atoms with E-state index >= 15 is 0 Å². The van der Waals surface area contributed by atoms with E-state index < -0.39 is 0 Å². The molecular weight excluding hydrogens is 429 g/mol. The van der Waals surface area contributed by atoms with Gasteiger partial charge in [-0.2, -0.15) is 5.10 Å². The van der Waals surface area contributed by atoms with Crippen LogP contribution in [0.4, 0.5) is 10.2 Å². The first-order chi connectivity index (χ1) is 13.5. The van der Waals surface area contributed by atoms with Crippen LogP contribution in [0, 0.1) is 5.82 Å². The van der Waals surface area contributed by atoms with Crippen LogP contribution in [0.2, 0.25) is 0 Å². The molecule has 142 valence electrons. The maximum atomic E-state index is 14.1. The van der Waals surface area contributed by atoms with Crippen molar-refractivity contribution in [2.45, 2.75) is 19.6 Å². The molecule has 0 atom stereocenters. The predicted octanol–water partition coefficient (Wildman–Crippen LogP) is 3.01. The van der Waals surface area contributed by atoms with Crippen LogP contribution >= 0.6 is 15.9 Å². The van der Waals surface area contributed by atoms with Gasteiger partial charge in [-0.25, -0.2) is 14.2 Å². The Hall–Kier alpha value is -2.81. The molecule has 7 nitrogen and oxygen atoms in total. The standard InChI is InChI=1S/C19H15BrFN5O2/c1-25-17(14(21)7-23-25)10-4-11-8-26(3-2-15(11)22-6-10)18-13(20)5-12-16(24-18)9-28-19(12)27/h4-7H,2-3,8-9H2,1H3. The summed E-state index contributed by atoms with van der Waals surface area (Å²) in [6.45, 7) is 1.54. The summed E-state index contributed by atoms with van der Waals surface area (Å²) in [5.74, 6) is 0.0511. The van der Waals surface area contributed by atoms with Gasteiger partial charge >= 0.3 is 5.97 Å². The van der Waals surface area contributed by atoms with Crippen molar-refractivity contribution < 1.29 is 13.9 Å². The van der Waals surface area contributed by atoms with Crippen molar-refractivity contribution in [2.75, 3.05) is 11.4 Å². The first-order valence-electron chi connectivity index (χ1n) is 8.78. The van der Waals surface area contributed by atoms with E-state index in [1.54, 1.807) is 19.3 Å². The highest BCUT2D eigenvalue weighted by atomic mass is 79.9. The number of carbonyl (C=O) groups excluding carboxylic acids is 1. The third-order valence-corrected chi connectivity index (χ3v) is 5.69. The largest absolute Gasteiger partial charge is 0.455 e. The van der Waals surface area contributed by atoms with E-state index in [-0.39, 0.29) is 18.4 Å². The lowest BCUT2D eigenvalue weighted by atomic mass is 10.0. The molecule has 0 saturated carbocycles.